The highest BCUT2D eigenvalue weighted by Crippen LogP contribution is 2.24. The van der Waals surface area contributed by atoms with Crippen LogP contribution in [0.4, 0.5) is 0 Å². The van der Waals surface area contributed by atoms with Gasteiger partial charge in [0.15, 0.2) is 5.76 Å². The number of furan rings is 1. The molecular weight excluding hydrogens is 312 g/mol. The fraction of sp³-hybridized carbons (Fsp3) is 0.190. The van der Waals surface area contributed by atoms with E-state index in [1.54, 1.807) is 6.26 Å². The van der Waals surface area contributed by atoms with Gasteiger partial charge in [-0.2, -0.15) is 0 Å². The van der Waals surface area contributed by atoms with E-state index in [9.17, 15) is 4.79 Å². The molecule has 0 bridgehead atoms. The van der Waals surface area contributed by atoms with Crippen LogP contribution in [0.3, 0.4) is 0 Å². The number of hydrogen-bond acceptors (Lipinski definition) is 3. The number of carbonyl (C=O) groups is 1. The number of nitrogens with one attached hydrogen (secondary N) is 1. The number of rotatable bonds is 6. The Morgan fingerprint density at radius 3 is 2.32 bits per heavy atom. The summed E-state index contributed by atoms with van der Waals surface area (Å²) in [4.78, 5) is 14.6. The van der Waals surface area contributed by atoms with Crippen LogP contribution in [0.1, 0.15) is 21.7 Å². The molecule has 25 heavy (non-hydrogen) atoms. The van der Waals surface area contributed by atoms with Crippen LogP contribution < -0.4 is 5.32 Å². The van der Waals surface area contributed by atoms with Crippen LogP contribution in [0.15, 0.2) is 71.3 Å². The zero-order valence-electron chi connectivity index (χ0n) is 14.5. The molecule has 3 aromatic rings. The Hall–Kier alpha value is -2.85. The number of hydrogen-bond donors (Lipinski definition) is 1. The van der Waals surface area contributed by atoms with E-state index in [1.165, 1.54) is 5.56 Å². The third-order valence-electron chi connectivity index (χ3n) is 3.93. The molecule has 0 spiro atoms. The molecule has 0 aliphatic carbocycles. The molecule has 0 saturated carbocycles. The second-order valence-electron chi connectivity index (χ2n) is 6.27. The van der Waals surface area contributed by atoms with Crippen LogP contribution in [0.2, 0.25) is 0 Å². The number of amides is 1. The predicted molar refractivity (Wildman–Crippen MR) is 99.1 cm³/mol. The molecule has 1 aromatic heterocycles. The fourth-order valence-electron chi connectivity index (χ4n) is 2.72. The molecule has 0 saturated heterocycles. The summed E-state index contributed by atoms with van der Waals surface area (Å²) in [7, 11) is 4.09. The first-order chi connectivity index (χ1) is 12.1. The van der Waals surface area contributed by atoms with E-state index in [1.807, 2.05) is 62.6 Å². The average molecular weight is 334 g/mol. The Bertz CT molecular complexity index is 821. The van der Waals surface area contributed by atoms with E-state index < -0.39 is 0 Å². The highest BCUT2D eigenvalue weighted by atomic mass is 16.3. The zero-order chi connectivity index (χ0) is 17.6. The summed E-state index contributed by atoms with van der Waals surface area (Å²) in [5.74, 6) is 0.136. The van der Waals surface area contributed by atoms with Crippen molar-refractivity contribution >= 4 is 5.91 Å². The van der Waals surface area contributed by atoms with Gasteiger partial charge in [-0.3, -0.25) is 4.79 Å². The molecule has 3 rings (SSSR count). The highest BCUT2D eigenvalue weighted by molar-refractivity contribution is 5.98. The summed E-state index contributed by atoms with van der Waals surface area (Å²) in [5, 5.41) is 2.93. The van der Waals surface area contributed by atoms with E-state index in [-0.39, 0.29) is 5.91 Å². The highest BCUT2D eigenvalue weighted by Gasteiger charge is 2.16. The topological polar surface area (TPSA) is 45.5 Å². The molecule has 2 aromatic carbocycles. The van der Waals surface area contributed by atoms with Crippen LogP contribution >= 0.6 is 0 Å². The molecular formula is C21H22N2O2. The summed E-state index contributed by atoms with van der Waals surface area (Å²) in [6, 6.07) is 19.8. The second-order valence-corrected chi connectivity index (χ2v) is 6.27. The van der Waals surface area contributed by atoms with E-state index in [4.69, 9.17) is 4.42 Å². The van der Waals surface area contributed by atoms with Gasteiger partial charge in [-0.25, -0.2) is 0 Å². The smallest absolute Gasteiger partial charge is 0.287 e. The van der Waals surface area contributed by atoms with Gasteiger partial charge in [-0.1, -0.05) is 54.6 Å². The lowest BCUT2D eigenvalue weighted by molar-refractivity contribution is 0.0924. The first-order valence-corrected chi connectivity index (χ1v) is 8.27. The van der Waals surface area contributed by atoms with E-state index in [2.05, 4.69) is 22.3 Å². The van der Waals surface area contributed by atoms with Gasteiger partial charge in [-0.05, 0) is 36.9 Å². The molecule has 0 unspecified atom stereocenters. The van der Waals surface area contributed by atoms with Crippen LogP contribution in [-0.2, 0) is 13.1 Å². The minimum absolute atomic E-state index is 0.207. The molecule has 0 aliphatic rings. The van der Waals surface area contributed by atoms with E-state index in [0.717, 1.165) is 23.2 Å². The van der Waals surface area contributed by atoms with Crippen molar-refractivity contribution in [2.24, 2.45) is 0 Å². The lowest BCUT2D eigenvalue weighted by Gasteiger charge is -2.10. The SMILES string of the molecule is CN(C)Cc1ccc(CNC(=O)c2occc2-c2ccccc2)cc1. The fourth-order valence-corrected chi connectivity index (χ4v) is 2.72. The molecule has 1 amide bonds. The lowest BCUT2D eigenvalue weighted by atomic mass is 10.1. The first-order valence-electron chi connectivity index (χ1n) is 8.27. The van der Waals surface area contributed by atoms with Crippen LogP contribution in [0.5, 0.6) is 0 Å². The van der Waals surface area contributed by atoms with Crippen molar-refractivity contribution in [3.05, 3.63) is 83.8 Å². The summed E-state index contributed by atoms with van der Waals surface area (Å²) in [5.41, 5.74) is 4.08. The first kappa shape index (κ1) is 17.0. The quantitative estimate of drug-likeness (QED) is 0.743. The van der Waals surface area contributed by atoms with Crippen LogP contribution in [0, 0.1) is 0 Å². The monoisotopic (exact) mass is 334 g/mol. The number of benzene rings is 2. The van der Waals surface area contributed by atoms with Crippen molar-refractivity contribution in [1.82, 2.24) is 10.2 Å². The average Bonchev–Trinajstić information content (AvgIpc) is 3.11. The molecule has 0 aliphatic heterocycles. The maximum atomic E-state index is 12.5. The minimum atomic E-state index is -0.207. The molecule has 0 atom stereocenters. The largest absolute Gasteiger partial charge is 0.459 e. The normalized spacial score (nSPS) is 10.8. The van der Waals surface area contributed by atoms with Crippen molar-refractivity contribution in [1.29, 1.82) is 0 Å². The van der Waals surface area contributed by atoms with Gasteiger partial charge in [0.25, 0.3) is 5.91 Å². The van der Waals surface area contributed by atoms with Gasteiger partial charge in [0.2, 0.25) is 0 Å². The zero-order valence-corrected chi connectivity index (χ0v) is 14.5. The van der Waals surface area contributed by atoms with Crippen molar-refractivity contribution in [2.75, 3.05) is 14.1 Å². The van der Waals surface area contributed by atoms with Gasteiger partial charge >= 0.3 is 0 Å². The lowest BCUT2D eigenvalue weighted by Crippen LogP contribution is -2.22. The standard InChI is InChI=1S/C21H22N2O2/c1-23(2)15-17-10-8-16(9-11-17)14-22-21(24)20-19(12-13-25-20)18-6-4-3-5-7-18/h3-13H,14-15H2,1-2H3,(H,22,24). The Morgan fingerprint density at radius 1 is 0.960 bits per heavy atom. The van der Waals surface area contributed by atoms with Crippen molar-refractivity contribution in [3.8, 4) is 11.1 Å². The maximum absolute atomic E-state index is 12.5. The Kier molecular flexibility index (Phi) is 5.31. The van der Waals surface area contributed by atoms with Gasteiger partial charge in [0.05, 0.1) is 6.26 Å². The van der Waals surface area contributed by atoms with Crippen LogP contribution in [-0.4, -0.2) is 24.9 Å². The molecule has 4 heteroatoms. The summed E-state index contributed by atoms with van der Waals surface area (Å²) in [6.45, 7) is 1.37. The Labute approximate surface area is 148 Å². The molecule has 4 nitrogen and oxygen atoms in total. The second kappa shape index (κ2) is 7.81. The van der Waals surface area contributed by atoms with Crippen molar-refractivity contribution in [2.45, 2.75) is 13.1 Å². The summed E-state index contributed by atoms with van der Waals surface area (Å²) in [6.07, 6.45) is 1.55. The molecule has 1 heterocycles. The van der Waals surface area contributed by atoms with Crippen LogP contribution in [0.25, 0.3) is 11.1 Å². The van der Waals surface area contributed by atoms with Gasteiger partial charge < -0.3 is 14.6 Å². The number of carbonyl (C=O) groups excluding carboxylic acids is 1. The predicted octanol–water partition coefficient (Wildman–Crippen LogP) is 3.94. The summed E-state index contributed by atoms with van der Waals surface area (Å²) < 4.78 is 5.41. The Balaban J connectivity index is 1.65. The van der Waals surface area contributed by atoms with Gasteiger partial charge in [0.1, 0.15) is 0 Å². The Morgan fingerprint density at radius 2 is 1.64 bits per heavy atom. The minimum Gasteiger partial charge on any atom is -0.459 e. The summed E-state index contributed by atoms with van der Waals surface area (Å²) >= 11 is 0. The van der Waals surface area contributed by atoms with Gasteiger partial charge in [0, 0.05) is 18.7 Å². The van der Waals surface area contributed by atoms with Crippen molar-refractivity contribution < 1.29 is 9.21 Å². The van der Waals surface area contributed by atoms with Gasteiger partial charge in [-0.15, -0.1) is 0 Å². The maximum Gasteiger partial charge on any atom is 0.287 e. The molecule has 128 valence electrons. The molecule has 0 radical (unpaired) electrons. The third-order valence-corrected chi connectivity index (χ3v) is 3.93. The number of nitrogens with zero attached hydrogens (tertiary/aromatic N) is 1. The van der Waals surface area contributed by atoms with E-state index in [0.29, 0.717) is 12.3 Å². The third kappa shape index (κ3) is 4.37. The van der Waals surface area contributed by atoms with Crippen molar-refractivity contribution in [3.63, 3.8) is 0 Å². The molecule has 0 fully saturated rings. The molecule has 1 N–H and O–H groups in total. The van der Waals surface area contributed by atoms with E-state index >= 15 is 0 Å².